The predicted molar refractivity (Wildman–Crippen MR) is 54.3 cm³/mol. The Morgan fingerprint density at radius 3 is 1.25 bits per heavy atom. The lowest BCUT2D eigenvalue weighted by molar-refractivity contribution is 0.0180. The van der Waals surface area contributed by atoms with Crippen LogP contribution >= 0.6 is 12.2 Å². The Bertz CT molecular complexity index is 144. The molecule has 0 aliphatic carbocycles. The fourth-order valence-corrected chi connectivity index (χ4v) is 1.02. The minimum atomic E-state index is -0.275. The first-order valence-electron chi connectivity index (χ1n) is 4.02. The fourth-order valence-electron chi connectivity index (χ4n) is 0.521. The van der Waals surface area contributed by atoms with Crippen molar-refractivity contribution in [3.8, 4) is 0 Å². The van der Waals surface area contributed by atoms with Crippen molar-refractivity contribution >= 4 is 17.5 Å². The first-order valence-corrected chi connectivity index (χ1v) is 4.43. The third-order valence-electron chi connectivity index (χ3n) is 0.779. The monoisotopic (exact) mass is 190 g/mol. The standard InChI is InChI=1S/C9H18O2S/c1-8(2,3)10-7(12)11-9(4,5)6/h1-6H3. The summed E-state index contributed by atoms with van der Waals surface area (Å²) in [5.74, 6) is 0. The lowest BCUT2D eigenvalue weighted by Gasteiger charge is -2.26. The molecule has 0 aromatic heterocycles. The summed E-state index contributed by atoms with van der Waals surface area (Å²) in [6.07, 6.45) is 0. The fraction of sp³-hybridized carbons (Fsp3) is 0.889. The Hall–Kier alpha value is -0.310. The third kappa shape index (κ3) is 7.79. The molecule has 0 atom stereocenters. The molecule has 2 nitrogen and oxygen atoms in total. The van der Waals surface area contributed by atoms with E-state index in [0.29, 0.717) is 0 Å². The van der Waals surface area contributed by atoms with Crippen molar-refractivity contribution in [2.45, 2.75) is 52.7 Å². The second-order valence-corrected chi connectivity index (χ2v) is 5.01. The number of hydrogen-bond donors (Lipinski definition) is 0. The Labute approximate surface area is 80.2 Å². The van der Waals surface area contributed by atoms with E-state index >= 15 is 0 Å². The van der Waals surface area contributed by atoms with Gasteiger partial charge in [0.25, 0.3) is 0 Å². The smallest absolute Gasteiger partial charge is 0.353 e. The van der Waals surface area contributed by atoms with Gasteiger partial charge in [-0.2, -0.15) is 0 Å². The maximum atomic E-state index is 5.32. The predicted octanol–water partition coefficient (Wildman–Crippen LogP) is 2.90. The zero-order chi connectivity index (χ0) is 9.99. The zero-order valence-electron chi connectivity index (χ0n) is 8.72. The molecule has 0 fully saturated rings. The molecule has 0 radical (unpaired) electrons. The van der Waals surface area contributed by atoms with E-state index in [-0.39, 0.29) is 16.4 Å². The molecule has 0 aromatic carbocycles. The molecular weight excluding hydrogens is 172 g/mol. The summed E-state index contributed by atoms with van der Waals surface area (Å²) in [6, 6.07) is 0. The molecule has 0 unspecified atom stereocenters. The lowest BCUT2D eigenvalue weighted by atomic mass is 10.2. The average molecular weight is 190 g/mol. The van der Waals surface area contributed by atoms with E-state index < -0.39 is 0 Å². The zero-order valence-corrected chi connectivity index (χ0v) is 9.54. The molecule has 12 heavy (non-hydrogen) atoms. The molecule has 0 saturated heterocycles. The van der Waals surface area contributed by atoms with Gasteiger partial charge in [-0.05, 0) is 41.5 Å². The van der Waals surface area contributed by atoms with E-state index in [1.165, 1.54) is 0 Å². The number of ether oxygens (including phenoxy) is 2. The van der Waals surface area contributed by atoms with Crippen LogP contribution in [0.5, 0.6) is 0 Å². The summed E-state index contributed by atoms with van der Waals surface area (Å²) in [5, 5.41) is 0.218. The third-order valence-corrected chi connectivity index (χ3v) is 0.946. The van der Waals surface area contributed by atoms with Gasteiger partial charge in [-0.1, -0.05) is 0 Å². The van der Waals surface area contributed by atoms with Crippen molar-refractivity contribution in [1.29, 1.82) is 0 Å². The van der Waals surface area contributed by atoms with Crippen LogP contribution in [-0.4, -0.2) is 16.4 Å². The van der Waals surface area contributed by atoms with Crippen molar-refractivity contribution in [1.82, 2.24) is 0 Å². The van der Waals surface area contributed by atoms with Crippen LogP contribution in [0, 0.1) is 0 Å². The van der Waals surface area contributed by atoms with E-state index in [9.17, 15) is 0 Å². The molecule has 0 spiro atoms. The van der Waals surface area contributed by atoms with Crippen LogP contribution in [0.4, 0.5) is 0 Å². The number of thiocarbonyl (C=S) groups is 1. The van der Waals surface area contributed by atoms with E-state index in [2.05, 4.69) is 0 Å². The van der Waals surface area contributed by atoms with Crippen molar-refractivity contribution in [3.63, 3.8) is 0 Å². The second kappa shape index (κ2) is 3.60. The molecule has 0 saturated carbocycles. The topological polar surface area (TPSA) is 18.5 Å². The molecule has 0 aliphatic heterocycles. The maximum Gasteiger partial charge on any atom is 0.353 e. The maximum absolute atomic E-state index is 5.32. The Kier molecular flexibility index (Phi) is 3.51. The van der Waals surface area contributed by atoms with Crippen LogP contribution in [0.15, 0.2) is 0 Å². The van der Waals surface area contributed by atoms with Gasteiger partial charge in [-0.3, -0.25) is 0 Å². The van der Waals surface area contributed by atoms with Crippen LogP contribution < -0.4 is 0 Å². The van der Waals surface area contributed by atoms with Crippen LogP contribution in [0.1, 0.15) is 41.5 Å². The van der Waals surface area contributed by atoms with Crippen LogP contribution in [0.3, 0.4) is 0 Å². The molecular formula is C9H18O2S. The van der Waals surface area contributed by atoms with Crippen molar-refractivity contribution in [2.75, 3.05) is 0 Å². The molecule has 0 heterocycles. The second-order valence-electron chi connectivity index (χ2n) is 4.68. The Morgan fingerprint density at radius 2 is 1.08 bits per heavy atom. The molecule has 0 aliphatic rings. The highest BCUT2D eigenvalue weighted by Crippen LogP contribution is 2.13. The molecule has 0 N–H and O–H groups in total. The minimum absolute atomic E-state index is 0.218. The van der Waals surface area contributed by atoms with Crippen LogP contribution in [0.25, 0.3) is 0 Å². The summed E-state index contributed by atoms with van der Waals surface area (Å²) >= 11 is 4.91. The van der Waals surface area contributed by atoms with Gasteiger partial charge in [-0.25, -0.2) is 0 Å². The van der Waals surface area contributed by atoms with Gasteiger partial charge in [0.2, 0.25) is 0 Å². The first kappa shape index (κ1) is 11.7. The highest BCUT2D eigenvalue weighted by molar-refractivity contribution is 7.79. The van der Waals surface area contributed by atoms with E-state index in [1.807, 2.05) is 41.5 Å². The summed E-state index contributed by atoms with van der Waals surface area (Å²) < 4.78 is 10.6. The first-order chi connectivity index (χ1) is 5.10. The van der Waals surface area contributed by atoms with Gasteiger partial charge >= 0.3 is 5.24 Å². The molecule has 3 heteroatoms. The molecule has 0 bridgehead atoms. The molecule has 0 aromatic rings. The lowest BCUT2D eigenvalue weighted by Crippen LogP contribution is -2.30. The average Bonchev–Trinajstić information content (AvgIpc) is 1.49. The van der Waals surface area contributed by atoms with Crippen LogP contribution in [-0.2, 0) is 9.47 Å². The van der Waals surface area contributed by atoms with Gasteiger partial charge in [0.1, 0.15) is 11.2 Å². The summed E-state index contributed by atoms with van der Waals surface area (Å²) in [6.45, 7) is 11.6. The highest BCUT2D eigenvalue weighted by Gasteiger charge is 2.19. The minimum Gasteiger partial charge on any atom is -0.451 e. The van der Waals surface area contributed by atoms with Crippen molar-refractivity contribution < 1.29 is 9.47 Å². The van der Waals surface area contributed by atoms with E-state index in [4.69, 9.17) is 21.7 Å². The SMILES string of the molecule is CC(C)(C)OC(=S)OC(C)(C)C. The largest absolute Gasteiger partial charge is 0.451 e. The van der Waals surface area contributed by atoms with Gasteiger partial charge in [0, 0.05) is 12.2 Å². The highest BCUT2D eigenvalue weighted by atomic mass is 32.1. The van der Waals surface area contributed by atoms with Gasteiger partial charge in [0.05, 0.1) is 0 Å². The van der Waals surface area contributed by atoms with Crippen molar-refractivity contribution in [3.05, 3.63) is 0 Å². The molecule has 0 rings (SSSR count). The Balaban J connectivity index is 3.92. The van der Waals surface area contributed by atoms with Gasteiger partial charge in [-0.15, -0.1) is 0 Å². The van der Waals surface area contributed by atoms with Gasteiger partial charge in [0.15, 0.2) is 0 Å². The summed E-state index contributed by atoms with van der Waals surface area (Å²) in [4.78, 5) is 0. The number of rotatable bonds is 0. The Morgan fingerprint density at radius 1 is 0.833 bits per heavy atom. The van der Waals surface area contributed by atoms with Crippen LogP contribution in [0.2, 0.25) is 0 Å². The number of hydrogen-bond acceptors (Lipinski definition) is 3. The normalized spacial score (nSPS) is 12.5. The van der Waals surface area contributed by atoms with E-state index in [1.54, 1.807) is 0 Å². The van der Waals surface area contributed by atoms with Crippen molar-refractivity contribution in [2.24, 2.45) is 0 Å². The molecule has 72 valence electrons. The summed E-state index contributed by atoms with van der Waals surface area (Å²) in [5.41, 5.74) is -0.551. The van der Waals surface area contributed by atoms with E-state index in [0.717, 1.165) is 0 Å². The summed E-state index contributed by atoms with van der Waals surface area (Å²) in [7, 11) is 0. The quantitative estimate of drug-likeness (QED) is 0.547. The molecule has 0 amide bonds. The van der Waals surface area contributed by atoms with Gasteiger partial charge < -0.3 is 9.47 Å².